The number of piperidine rings is 1. The summed E-state index contributed by atoms with van der Waals surface area (Å²) in [4.78, 5) is 11.7. The average molecular weight is 264 g/mol. The minimum absolute atomic E-state index is 0.0209. The first-order valence-corrected chi connectivity index (χ1v) is 6.92. The van der Waals surface area contributed by atoms with E-state index in [-0.39, 0.29) is 17.4 Å². The molecule has 1 saturated heterocycles. The molecule has 1 amide bonds. The molecule has 0 aromatic carbocycles. The Labute approximate surface area is 114 Å². The normalized spacial score (nSPS) is 20.4. The Morgan fingerprint density at radius 1 is 1.53 bits per heavy atom. The Morgan fingerprint density at radius 2 is 2.26 bits per heavy atom. The fourth-order valence-electron chi connectivity index (χ4n) is 2.50. The summed E-state index contributed by atoms with van der Waals surface area (Å²) in [6, 6.07) is -0.0678. The predicted molar refractivity (Wildman–Crippen MR) is 74.8 cm³/mol. The Kier molecular flexibility index (Phi) is 3.94. The van der Waals surface area contributed by atoms with E-state index < -0.39 is 0 Å². The monoisotopic (exact) mass is 264 g/mol. The number of carbonyl (C=O) groups is 1. The zero-order chi connectivity index (χ0) is 14.0. The van der Waals surface area contributed by atoms with Gasteiger partial charge in [0.2, 0.25) is 5.91 Å². The number of amides is 1. The van der Waals surface area contributed by atoms with Crippen LogP contribution in [0.4, 0.5) is 0 Å². The van der Waals surface area contributed by atoms with Crippen molar-refractivity contribution in [3.63, 3.8) is 0 Å². The van der Waals surface area contributed by atoms with Crippen LogP contribution >= 0.6 is 0 Å². The first-order chi connectivity index (χ1) is 8.88. The van der Waals surface area contributed by atoms with Crippen molar-refractivity contribution in [2.75, 3.05) is 6.54 Å². The molecule has 0 aliphatic carbocycles. The number of nitrogens with one attached hydrogen (secondary N) is 2. The van der Waals surface area contributed by atoms with Gasteiger partial charge in [0.25, 0.3) is 0 Å². The topological polar surface area (TPSA) is 59.0 Å². The van der Waals surface area contributed by atoms with Crippen molar-refractivity contribution in [3.05, 3.63) is 17.5 Å². The Bertz CT molecular complexity index is 459. The summed E-state index contributed by atoms with van der Waals surface area (Å²) in [6.07, 6.45) is 3.99. The number of aryl methyl sites for hydroxylation is 1. The summed E-state index contributed by atoms with van der Waals surface area (Å²) >= 11 is 0. The van der Waals surface area contributed by atoms with Gasteiger partial charge >= 0.3 is 0 Å². The van der Waals surface area contributed by atoms with Crippen molar-refractivity contribution in [3.8, 4) is 0 Å². The largest absolute Gasteiger partial charge is 0.355 e. The van der Waals surface area contributed by atoms with E-state index in [0.29, 0.717) is 6.54 Å². The molecule has 2 rings (SSSR count). The Morgan fingerprint density at radius 3 is 2.89 bits per heavy atom. The lowest BCUT2D eigenvalue weighted by Crippen LogP contribution is -2.48. The maximum atomic E-state index is 11.7. The molecular formula is C14H24N4O. The summed E-state index contributed by atoms with van der Waals surface area (Å²) in [5.74, 6) is 0.118. The molecule has 0 spiro atoms. The van der Waals surface area contributed by atoms with Crippen molar-refractivity contribution in [1.29, 1.82) is 0 Å². The van der Waals surface area contributed by atoms with E-state index in [0.717, 1.165) is 25.1 Å². The molecule has 5 heteroatoms. The van der Waals surface area contributed by atoms with Gasteiger partial charge in [0.05, 0.1) is 11.7 Å². The number of hydrogen-bond donors (Lipinski definition) is 2. The van der Waals surface area contributed by atoms with Crippen molar-refractivity contribution in [2.24, 2.45) is 7.05 Å². The van der Waals surface area contributed by atoms with Crippen LogP contribution in [0.5, 0.6) is 0 Å². The van der Waals surface area contributed by atoms with Gasteiger partial charge in [-0.25, -0.2) is 0 Å². The lowest BCUT2D eigenvalue weighted by Gasteiger charge is -2.23. The number of aromatic nitrogens is 2. The first kappa shape index (κ1) is 14.1. The van der Waals surface area contributed by atoms with Gasteiger partial charge in [-0.15, -0.1) is 0 Å². The smallest absolute Gasteiger partial charge is 0.237 e. The highest BCUT2D eigenvalue weighted by molar-refractivity contribution is 5.82. The molecule has 1 fully saturated rings. The second-order valence-corrected chi connectivity index (χ2v) is 6.29. The van der Waals surface area contributed by atoms with Crippen LogP contribution in [0.3, 0.4) is 0 Å². The Balaban J connectivity index is 2.05. The van der Waals surface area contributed by atoms with Crippen molar-refractivity contribution in [1.82, 2.24) is 20.4 Å². The number of hydrogen-bond acceptors (Lipinski definition) is 3. The summed E-state index contributed by atoms with van der Waals surface area (Å²) < 4.78 is 1.85. The molecule has 1 atom stereocenters. The van der Waals surface area contributed by atoms with E-state index in [1.54, 1.807) is 0 Å². The lowest BCUT2D eigenvalue weighted by atomic mass is 9.89. The molecule has 0 radical (unpaired) electrons. The highest BCUT2D eigenvalue weighted by atomic mass is 16.2. The van der Waals surface area contributed by atoms with Crippen LogP contribution in [0.25, 0.3) is 0 Å². The highest BCUT2D eigenvalue weighted by Crippen LogP contribution is 2.24. The van der Waals surface area contributed by atoms with Crippen LogP contribution < -0.4 is 10.6 Å². The summed E-state index contributed by atoms with van der Waals surface area (Å²) in [5, 5.41) is 10.8. The summed E-state index contributed by atoms with van der Waals surface area (Å²) in [7, 11) is 1.94. The van der Waals surface area contributed by atoms with Gasteiger partial charge in [-0.05, 0) is 12.8 Å². The van der Waals surface area contributed by atoms with Crippen LogP contribution in [0.2, 0.25) is 0 Å². The van der Waals surface area contributed by atoms with E-state index in [4.69, 9.17) is 0 Å². The molecule has 106 valence electrons. The molecule has 1 aromatic heterocycles. The molecule has 1 aromatic rings. The molecule has 0 saturated carbocycles. The molecule has 1 unspecified atom stereocenters. The molecule has 0 bridgehead atoms. The standard InChI is InChI=1S/C14H24N4O/c1-14(2,3)12-10(9-18(4)17-12)8-16-11-6-5-7-15-13(11)19/h9,11,16H,5-8H2,1-4H3,(H,15,19). The average Bonchev–Trinajstić information content (AvgIpc) is 2.69. The minimum Gasteiger partial charge on any atom is -0.355 e. The van der Waals surface area contributed by atoms with Crippen molar-refractivity contribution >= 4 is 5.91 Å². The van der Waals surface area contributed by atoms with Crippen LogP contribution in [0, 0.1) is 0 Å². The third-order valence-electron chi connectivity index (χ3n) is 3.44. The molecule has 1 aliphatic heterocycles. The first-order valence-electron chi connectivity index (χ1n) is 6.92. The summed E-state index contributed by atoms with van der Waals surface area (Å²) in [5.41, 5.74) is 2.29. The molecule has 2 heterocycles. The van der Waals surface area contributed by atoms with Crippen LogP contribution in [-0.2, 0) is 23.8 Å². The fraction of sp³-hybridized carbons (Fsp3) is 0.714. The third kappa shape index (κ3) is 3.35. The Hall–Kier alpha value is -1.36. The van der Waals surface area contributed by atoms with Gasteiger partial charge in [0.1, 0.15) is 0 Å². The SMILES string of the molecule is Cn1cc(CNC2CCCNC2=O)c(C(C)(C)C)n1. The number of nitrogens with zero attached hydrogens (tertiary/aromatic N) is 2. The molecular weight excluding hydrogens is 240 g/mol. The summed E-state index contributed by atoms with van der Waals surface area (Å²) in [6.45, 7) is 7.97. The molecule has 5 nitrogen and oxygen atoms in total. The quantitative estimate of drug-likeness (QED) is 0.859. The maximum absolute atomic E-state index is 11.7. The van der Waals surface area contributed by atoms with E-state index in [9.17, 15) is 4.79 Å². The second kappa shape index (κ2) is 5.33. The predicted octanol–water partition coefficient (Wildman–Crippen LogP) is 1.09. The van der Waals surface area contributed by atoms with Crippen LogP contribution in [0.15, 0.2) is 6.20 Å². The van der Waals surface area contributed by atoms with Crippen molar-refractivity contribution in [2.45, 2.75) is 51.6 Å². The zero-order valence-electron chi connectivity index (χ0n) is 12.3. The van der Waals surface area contributed by atoms with E-state index in [1.165, 1.54) is 5.56 Å². The van der Waals surface area contributed by atoms with E-state index in [2.05, 4.69) is 36.5 Å². The van der Waals surface area contributed by atoms with Crippen molar-refractivity contribution < 1.29 is 4.79 Å². The lowest BCUT2D eigenvalue weighted by molar-refractivity contribution is -0.124. The second-order valence-electron chi connectivity index (χ2n) is 6.29. The van der Waals surface area contributed by atoms with Gasteiger partial charge in [-0.1, -0.05) is 20.8 Å². The molecule has 1 aliphatic rings. The minimum atomic E-state index is -0.0678. The van der Waals surface area contributed by atoms with E-state index >= 15 is 0 Å². The van der Waals surface area contributed by atoms with Gasteiger partial charge in [0.15, 0.2) is 0 Å². The van der Waals surface area contributed by atoms with Gasteiger partial charge in [-0.3, -0.25) is 9.48 Å². The van der Waals surface area contributed by atoms with Gasteiger partial charge in [0, 0.05) is 37.3 Å². The zero-order valence-corrected chi connectivity index (χ0v) is 12.3. The van der Waals surface area contributed by atoms with Crippen LogP contribution in [-0.4, -0.2) is 28.3 Å². The molecule has 19 heavy (non-hydrogen) atoms. The number of carbonyl (C=O) groups excluding carboxylic acids is 1. The fourth-order valence-corrected chi connectivity index (χ4v) is 2.50. The van der Waals surface area contributed by atoms with Gasteiger partial charge < -0.3 is 10.6 Å². The van der Waals surface area contributed by atoms with Crippen LogP contribution in [0.1, 0.15) is 44.9 Å². The molecule has 2 N–H and O–H groups in total. The highest BCUT2D eigenvalue weighted by Gasteiger charge is 2.24. The number of rotatable bonds is 3. The maximum Gasteiger partial charge on any atom is 0.237 e. The van der Waals surface area contributed by atoms with E-state index in [1.807, 2.05) is 17.9 Å². The third-order valence-corrected chi connectivity index (χ3v) is 3.44. The van der Waals surface area contributed by atoms with Gasteiger partial charge in [-0.2, -0.15) is 5.10 Å².